The van der Waals surface area contributed by atoms with E-state index in [9.17, 15) is 35.9 Å². The van der Waals surface area contributed by atoms with Gasteiger partial charge in [0.1, 0.15) is 5.65 Å². The second-order valence-electron chi connectivity index (χ2n) is 7.15. The summed E-state index contributed by atoms with van der Waals surface area (Å²) < 4.78 is 80.8. The summed E-state index contributed by atoms with van der Waals surface area (Å²) in [7, 11) is 0. The van der Waals surface area contributed by atoms with E-state index in [4.69, 9.17) is 0 Å². The molecule has 4 rings (SSSR count). The normalized spacial score (nSPS) is 12.1. The third-order valence-electron chi connectivity index (χ3n) is 4.89. The van der Waals surface area contributed by atoms with Crippen LogP contribution >= 0.6 is 0 Å². The smallest absolute Gasteiger partial charge is 0.301 e. The predicted octanol–water partition coefficient (Wildman–Crippen LogP) is 5.75. The van der Waals surface area contributed by atoms with Crippen molar-refractivity contribution < 1.29 is 35.9 Å². The number of pyridine rings is 1. The van der Waals surface area contributed by atoms with E-state index in [-0.39, 0.29) is 11.2 Å². The molecule has 2 aromatic carbocycles. The summed E-state index contributed by atoms with van der Waals surface area (Å²) in [6.45, 7) is 0. The van der Waals surface area contributed by atoms with Crippen molar-refractivity contribution in [3.05, 3.63) is 89.6 Å². The number of halogens is 6. The number of nitrogens with zero attached hydrogens (tertiary/aromatic N) is 2. The summed E-state index contributed by atoms with van der Waals surface area (Å²) >= 11 is 0. The highest BCUT2D eigenvalue weighted by Gasteiger charge is 2.40. The van der Waals surface area contributed by atoms with Crippen LogP contribution in [-0.4, -0.2) is 27.3 Å². The first-order valence-corrected chi connectivity index (χ1v) is 9.63. The molecule has 0 saturated heterocycles. The molecule has 0 aliphatic carbocycles. The Kier molecular flexibility index (Phi) is 5.64. The van der Waals surface area contributed by atoms with E-state index >= 15 is 0 Å². The summed E-state index contributed by atoms with van der Waals surface area (Å²) in [4.78, 5) is 28.3. The average Bonchev–Trinajstić information content (AvgIpc) is 3.14. The lowest BCUT2D eigenvalue weighted by molar-refractivity contribution is -0.167. The number of fused-ring (bicyclic) bond motifs is 1. The molecule has 2 aromatic heterocycles. The number of benzene rings is 2. The fourth-order valence-corrected chi connectivity index (χ4v) is 3.39. The molecule has 5 nitrogen and oxygen atoms in total. The summed E-state index contributed by atoms with van der Waals surface area (Å²) in [6.07, 6.45) is -8.99. The van der Waals surface area contributed by atoms with Crippen molar-refractivity contribution >= 4 is 23.2 Å². The molecule has 0 saturated carbocycles. The molecule has 0 atom stereocenters. The van der Waals surface area contributed by atoms with Crippen LogP contribution in [-0.2, 0) is 11.0 Å². The Hall–Kier alpha value is -4.15. The van der Waals surface area contributed by atoms with Crippen molar-refractivity contribution in [3.8, 4) is 11.3 Å². The number of ketones is 1. The van der Waals surface area contributed by atoms with Gasteiger partial charge in [-0.15, -0.1) is 0 Å². The number of aromatic nitrogens is 2. The minimum absolute atomic E-state index is 0.0514. The highest BCUT2D eigenvalue weighted by molar-refractivity contribution is 6.09. The van der Waals surface area contributed by atoms with Crippen LogP contribution in [0.1, 0.15) is 21.5 Å². The molecule has 0 spiro atoms. The molecule has 1 amide bonds. The summed E-state index contributed by atoms with van der Waals surface area (Å²) in [5, 5.41) is 1.55. The molecule has 2 heterocycles. The second kappa shape index (κ2) is 8.32. The predicted molar refractivity (Wildman–Crippen MR) is 110 cm³/mol. The Morgan fingerprint density at radius 1 is 0.794 bits per heavy atom. The zero-order valence-electron chi connectivity index (χ0n) is 16.9. The Morgan fingerprint density at radius 2 is 1.44 bits per heavy atom. The van der Waals surface area contributed by atoms with Crippen LogP contribution < -0.4 is 5.32 Å². The third-order valence-corrected chi connectivity index (χ3v) is 4.89. The van der Waals surface area contributed by atoms with Gasteiger partial charge in [-0.05, 0) is 18.2 Å². The average molecular weight is 477 g/mol. The van der Waals surface area contributed by atoms with Gasteiger partial charge >= 0.3 is 18.3 Å². The zero-order valence-corrected chi connectivity index (χ0v) is 16.9. The third kappa shape index (κ3) is 4.36. The van der Waals surface area contributed by atoms with Crippen LogP contribution in [0.3, 0.4) is 0 Å². The van der Waals surface area contributed by atoms with Gasteiger partial charge in [0.15, 0.2) is 11.6 Å². The van der Waals surface area contributed by atoms with Gasteiger partial charge in [0.25, 0.3) is 0 Å². The molecule has 1 N–H and O–H groups in total. The van der Waals surface area contributed by atoms with Crippen LogP contribution in [0.5, 0.6) is 0 Å². The number of imidazole rings is 1. The topological polar surface area (TPSA) is 63.5 Å². The standard InChI is InChI=1S/C23H13F6N3O2/c24-22(25,26)16-9-5-4-8-15(16)18-20(31-21(34)23(27,28)29)30-17-11-10-14(12-32(17)18)19(33)13-6-2-1-3-7-13/h1-12H,(H,31,34). The van der Waals surface area contributed by atoms with E-state index in [1.54, 1.807) is 23.5 Å². The van der Waals surface area contributed by atoms with Gasteiger partial charge in [0.05, 0.1) is 11.3 Å². The number of nitrogens with one attached hydrogen (secondary N) is 1. The fourth-order valence-electron chi connectivity index (χ4n) is 3.39. The maximum Gasteiger partial charge on any atom is 0.471 e. The van der Waals surface area contributed by atoms with E-state index in [0.29, 0.717) is 5.56 Å². The van der Waals surface area contributed by atoms with Gasteiger partial charge in [0.2, 0.25) is 0 Å². The lowest BCUT2D eigenvalue weighted by Gasteiger charge is -2.14. The van der Waals surface area contributed by atoms with Crippen LogP contribution in [0.4, 0.5) is 32.2 Å². The number of carbonyl (C=O) groups excluding carboxylic acids is 2. The number of carbonyl (C=O) groups is 2. The van der Waals surface area contributed by atoms with Crippen molar-refractivity contribution in [1.82, 2.24) is 9.38 Å². The number of hydrogen-bond donors (Lipinski definition) is 1. The van der Waals surface area contributed by atoms with Gasteiger partial charge in [-0.2, -0.15) is 26.3 Å². The van der Waals surface area contributed by atoms with Crippen LogP contribution in [0.25, 0.3) is 16.9 Å². The highest BCUT2D eigenvalue weighted by Crippen LogP contribution is 2.40. The fraction of sp³-hybridized carbons (Fsp3) is 0.0870. The number of anilines is 1. The van der Waals surface area contributed by atoms with Gasteiger partial charge in [-0.3, -0.25) is 14.0 Å². The molecule has 174 valence electrons. The van der Waals surface area contributed by atoms with Gasteiger partial charge in [0, 0.05) is 22.9 Å². The molecular formula is C23H13F6N3O2. The van der Waals surface area contributed by atoms with E-state index in [1.807, 2.05) is 0 Å². The van der Waals surface area contributed by atoms with E-state index < -0.39 is 46.7 Å². The van der Waals surface area contributed by atoms with Gasteiger partial charge in [-0.25, -0.2) is 4.98 Å². The lowest BCUT2D eigenvalue weighted by atomic mass is 10.0. The molecule has 0 aliphatic rings. The number of amides is 1. The monoisotopic (exact) mass is 477 g/mol. The van der Waals surface area contributed by atoms with E-state index in [2.05, 4.69) is 4.98 Å². The maximum absolute atomic E-state index is 13.7. The van der Waals surface area contributed by atoms with Crippen molar-refractivity contribution in [1.29, 1.82) is 0 Å². The molecule has 0 unspecified atom stereocenters. The molecule has 34 heavy (non-hydrogen) atoms. The summed E-state index contributed by atoms with van der Waals surface area (Å²) in [5.41, 5.74) is -1.86. The summed E-state index contributed by atoms with van der Waals surface area (Å²) in [6, 6.07) is 14.8. The molecule has 11 heteroatoms. The summed E-state index contributed by atoms with van der Waals surface area (Å²) in [5.74, 6) is -3.60. The first-order valence-electron chi connectivity index (χ1n) is 9.63. The van der Waals surface area contributed by atoms with Crippen LogP contribution in [0.15, 0.2) is 72.9 Å². The highest BCUT2D eigenvalue weighted by atomic mass is 19.4. The Bertz CT molecular complexity index is 1390. The molecular weight excluding hydrogens is 464 g/mol. The molecule has 0 radical (unpaired) electrons. The quantitative estimate of drug-likeness (QED) is 0.301. The molecule has 4 aromatic rings. The molecule has 0 fully saturated rings. The van der Waals surface area contributed by atoms with E-state index in [0.717, 1.165) is 22.6 Å². The maximum atomic E-state index is 13.7. The first-order chi connectivity index (χ1) is 16.0. The lowest BCUT2D eigenvalue weighted by Crippen LogP contribution is -2.30. The van der Waals surface area contributed by atoms with Crippen molar-refractivity contribution in [2.75, 3.05) is 5.32 Å². The van der Waals surface area contributed by atoms with Gasteiger partial charge < -0.3 is 5.32 Å². The Morgan fingerprint density at radius 3 is 2.09 bits per heavy atom. The van der Waals surface area contributed by atoms with Crippen molar-refractivity contribution in [2.24, 2.45) is 0 Å². The van der Waals surface area contributed by atoms with E-state index in [1.165, 1.54) is 36.5 Å². The largest absolute Gasteiger partial charge is 0.471 e. The molecule has 0 aliphatic heterocycles. The van der Waals surface area contributed by atoms with Crippen LogP contribution in [0, 0.1) is 0 Å². The Labute approximate surface area is 187 Å². The zero-order chi connectivity index (χ0) is 24.7. The Balaban J connectivity index is 1.96. The minimum atomic E-state index is -5.30. The van der Waals surface area contributed by atoms with Crippen molar-refractivity contribution in [3.63, 3.8) is 0 Å². The SMILES string of the molecule is O=C(c1ccccc1)c1ccc2nc(NC(=O)C(F)(F)F)c(-c3ccccc3C(F)(F)F)n2c1. The van der Waals surface area contributed by atoms with Crippen molar-refractivity contribution in [2.45, 2.75) is 12.4 Å². The number of rotatable bonds is 4. The van der Waals surface area contributed by atoms with Crippen LogP contribution in [0.2, 0.25) is 0 Å². The first kappa shape index (κ1) is 23.0. The van der Waals surface area contributed by atoms with Gasteiger partial charge in [-0.1, -0.05) is 48.5 Å². The second-order valence-corrected chi connectivity index (χ2v) is 7.15. The molecule has 0 bridgehead atoms. The number of alkyl halides is 6. The minimum Gasteiger partial charge on any atom is -0.301 e. The number of hydrogen-bond acceptors (Lipinski definition) is 3.